The van der Waals surface area contributed by atoms with Crippen molar-refractivity contribution in [3.05, 3.63) is 0 Å². The molecule has 1 atom stereocenters. The van der Waals surface area contributed by atoms with Gasteiger partial charge in [0.05, 0.1) is 0 Å². The van der Waals surface area contributed by atoms with Crippen LogP contribution >= 0.6 is 0 Å². The Morgan fingerprint density at radius 1 is 1.12 bits per heavy atom. The second-order valence-electron chi connectivity index (χ2n) is 5.10. The standard InChI is InChI=1S/C14H30N2/c1-3-5-7-11-16-12-8-6-9-14(16)13-15-10-4-2/h14-15H,3-13H2,1-2H3. The number of nitrogens with one attached hydrogen (secondary N) is 1. The highest BCUT2D eigenvalue weighted by Crippen LogP contribution is 2.17. The van der Waals surface area contributed by atoms with Gasteiger partial charge in [-0.3, -0.25) is 4.90 Å². The van der Waals surface area contributed by atoms with Crippen LogP contribution in [0.3, 0.4) is 0 Å². The maximum absolute atomic E-state index is 3.58. The van der Waals surface area contributed by atoms with E-state index in [1.54, 1.807) is 0 Å². The van der Waals surface area contributed by atoms with E-state index < -0.39 is 0 Å². The maximum Gasteiger partial charge on any atom is 0.0220 e. The minimum Gasteiger partial charge on any atom is -0.315 e. The van der Waals surface area contributed by atoms with Crippen molar-refractivity contribution >= 4 is 0 Å². The maximum atomic E-state index is 3.58. The number of rotatable bonds is 8. The van der Waals surface area contributed by atoms with Gasteiger partial charge in [-0.15, -0.1) is 0 Å². The third-order valence-electron chi connectivity index (χ3n) is 3.60. The average molecular weight is 226 g/mol. The predicted octanol–water partition coefficient (Wildman–Crippen LogP) is 3.03. The van der Waals surface area contributed by atoms with Crippen LogP contribution in [0.15, 0.2) is 0 Å². The molecule has 1 aliphatic rings. The Labute approximate surface area is 102 Å². The molecular weight excluding hydrogens is 196 g/mol. The fraction of sp³-hybridized carbons (Fsp3) is 1.00. The van der Waals surface area contributed by atoms with Gasteiger partial charge >= 0.3 is 0 Å². The summed E-state index contributed by atoms with van der Waals surface area (Å²) in [6, 6.07) is 0.817. The molecule has 1 N–H and O–H groups in total. The van der Waals surface area contributed by atoms with Gasteiger partial charge in [0.25, 0.3) is 0 Å². The largest absolute Gasteiger partial charge is 0.315 e. The quantitative estimate of drug-likeness (QED) is 0.640. The molecule has 16 heavy (non-hydrogen) atoms. The Balaban J connectivity index is 2.20. The zero-order chi connectivity index (χ0) is 11.6. The summed E-state index contributed by atoms with van der Waals surface area (Å²) in [5.74, 6) is 0. The average Bonchev–Trinajstić information content (AvgIpc) is 2.32. The lowest BCUT2D eigenvalue weighted by molar-refractivity contribution is 0.143. The van der Waals surface area contributed by atoms with Crippen molar-refractivity contribution in [1.82, 2.24) is 10.2 Å². The van der Waals surface area contributed by atoms with Gasteiger partial charge in [-0.2, -0.15) is 0 Å². The van der Waals surface area contributed by atoms with Crippen LogP contribution in [0.2, 0.25) is 0 Å². The first-order chi connectivity index (χ1) is 7.88. The first kappa shape index (κ1) is 14.0. The number of hydrogen-bond donors (Lipinski definition) is 1. The second kappa shape index (κ2) is 9.00. The Bertz CT molecular complexity index is 141. The minimum atomic E-state index is 0.817. The van der Waals surface area contributed by atoms with Crippen molar-refractivity contribution in [2.45, 2.75) is 64.8 Å². The smallest absolute Gasteiger partial charge is 0.0220 e. The van der Waals surface area contributed by atoms with E-state index in [0.717, 1.165) is 6.04 Å². The van der Waals surface area contributed by atoms with E-state index in [1.807, 2.05) is 0 Å². The summed E-state index contributed by atoms with van der Waals surface area (Å²) in [5.41, 5.74) is 0. The lowest BCUT2D eigenvalue weighted by Crippen LogP contribution is -2.45. The number of nitrogens with zero attached hydrogens (tertiary/aromatic N) is 1. The summed E-state index contributed by atoms with van der Waals surface area (Å²) in [7, 11) is 0. The third kappa shape index (κ3) is 5.31. The molecule has 0 radical (unpaired) electrons. The molecule has 1 rings (SSSR count). The van der Waals surface area contributed by atoms with Crippen LogP contribution in [-0.2, 0) is 0 Å². The van der Waals surface area contributed by atoms with Crippen LogP contribution in [0.4, 0.5) is 0 Å². The van der Waals surface area contributed by atoms with Crippen molar-refractivity contribution in [1.29, 1.82) is 0 Å². The molecule has 0 aromatic heterocycles. The number of unbranched alkanes of at least 4 members (excludes halogenated alkanes) is 2. The third-order valence-corrected chi connectivity index (χ3v) is 3.60. The summed E-state index contributed by atoms with van der Waals surface area (Å²) >= 11 is 0. The highest BCUT2D eigenvalue weighted by Gasteiger charge is 2.20. The van der Waals surface area contributed by atoms with E-state index >= 15 is 0 Å². The molecule has 96 valence electrons. The molecule has 2 heteroatoms. The molecule has 2 nitrogen and oxygen atoms in total. The summed E-state index contributed by atoms with van der Waals surface area (Å²) in [6.45, 7) is 9.58. The summed E-state index contributed by atoms with van der Waals surface area (Å²) < 4.78 is 0. The van der Waals surface area contributed by atoms with Gasteiger partial charge in [0.15, 0.2) is 0 Å². The van der Waals surface area contributed by atoms with Gasteiger partial charge in [0.1, 0.15) is 0 Å². The Hall–Kier alpha value is -0.0800. The second-order valence-corrected chi connectivity index (χ2v) is 5.10. The lowest BCUT2D eigenvalue weighted by atomic mass is 10.0. The van der Waals surface area contributed by atoms with Gasteiger partial charge in [0.2, 0.25) is 0 Å². The van der Waals surface area contributed by atoms with Crippen molar-refractivity contribution in [3.63, 3.8) is 0 Å². The topological polar surface area (TPSA) is 15.3 Å². The van der Waals surface area contributed by atoms with Crippen LogP contribution in [0, 0.1) is 0 Å². The molecule has 1 heterocycles. The predicted molar refractivity (Wildman–Crippen MR) is 71.9 cm³/mol. The van der Waals surface area contributed by atoms with E-state index in [1.165, 1.54) is 71.1 Å². The fourth-order valence-corrected chi connectivity index (χ4v) is 2.60. The highest BCUT2D eigenvalue weighted by molar-refractivity contribution is 4.78. The van der Waals surface area contributed by atoms with Crippen molar-refractivity contribution < 1.29 is 0 Å². The molecule has 0 amide bonds. The molecule has 0 bridgehead atoms. The van der Waals surface area contributed by atoms with Gasteiger partial charge in [-0.05, 0) is 45.3 Å². The van der Waals surface area contributed by atoms with Crippen molar-refractivity contribution in [2.24, 2.45) is 0 Å². The summed E-state index contributed by atoms with van der Waals surface area (Å²) in [6.07, 6.45) is 9.63. The van der Waals surface area contributed by atoms with Crippen LogP contribution < -0.4 is 5.32 Å². The number of piperidine rings is 1. The van der Waals surface area contributed by atoms with Crippen LogP contribution in [0.25, 0.3) is 0 Å². The number of likely N-dealkylation sites (tertiary alicyclic amines) is 1. The molecule has 1 aliphatic heterocycles. The van der Waals surface area contributed by atoms with Crippen molar-refractivity contribution in [3.8, 4) is 0 Å². The van der Waals surface area contributed by atoms with Crippen LogP contribution in [0.5, 0.6) is 0 Å². The molecule has 1 fully saturated rings. The molecule has 0 saturated carbocycles. The summed E-state index contributed by atoms with van der Waals surface area (Å²) in [4.78, 5) is 2.72. The SMILES string of the molecule is CCCCCN1CCCCC1CNCCC. The normalized spacial score (nSPS) is 22.5. The van der Waals surface area contributed by atoms with E-state index in [2.05, 4.69) is 24.1 Å². The minimum absolute atomic E-state index is 0.817. The van der Waals surface area contributed by atoms with Gasteiger partial charge in [-0.25, -0.2) is 0 Å². The highest BCUT2D eigenvalue weighted by atomic mass is 15.2. The zero-order valence-electron chi connectivity index (χ0n) is 11.3. The molecule has 0 aliphatic carbocycles. The van der Waals surface area contributed by atoms with Crippen LogP contribution in [-0.4, -0.2) is 37.1 Å². The van der Waals surface area contributed by atoms with E-state index in [-0.39, 0.29) is 0 Å². The Morgan fingerprint density at radius 3 is 2.75 bits per heavy atom. The Kier molecular flexibility index (Phi) is 7.87. The first-order valence-corrected chi connectivity index (χ1v) is 7.33. The van der Waals surface area contributed by atoms with Crippen LogP contribution in [0.1, 0.15) is 58.8 Å². The van der Waals surface area contributed by atoms with Gasteiger partial charge in [0, 0.05) is 12.6 Å². The van der Waals surface area contributed by atoms with Gasteiger partial charge < -0.3 is 5.32 Å². The monoisotopic (exact) mass is 226 g/mol. The van der Waals surface area contributed by atoms with E-state index in [0.29, 0.717) is 0 Å². The molecule has 1 unspecified atom stereocenters. The van der Waals surface area contributed by atoms with Crippen molar-refractivity contribution in [2.75, 3.05) is 26.2 Å². The number of hydrogen-bond acceptors (Lipinski definition) is 2. The first-order valence-electron chi connectivity index (χ1n) is 7.33. The molecule has 0 aromatic carbocycles. The van der Waals surface area contributed by atoms with Gasteiger partial charge in [-0.1, -0.05) is 33.1 Å². The molecular formula is C14H30N2. The van der Waals surface area contributed by atoms with E-state index in [4.69, 9.17) is 0 Å². The van der Waals surface area contributed by atoms with E-state index in [9.17, 15) is 0 Å². The zero-order valence-corrected chi connectivity index (χ0v) is 11.3. The Morgan fingerprint density at radius 2 is 2.00 bits per heavy atom. The molecule has 1 saturated heterocycles. The lowest BCUT2D eigenvalue weighted by Gasteiger charge is -2.36. The fourth-order valence-electron chi connectivity index (χ4n) is 2.60. The molecule has 0 spiro atoms. The molecule has 0 aromatic rings. The summed E-state index contributed by atoms with van der Waals surface area (Å²) in [5, 5.41) is 3.58.